The van der Waals surface area contributed by atoms with Crippen LogP contribution in [0.1, 0.15) is 61.0 Å². The number of aliphatic imine (C=N–C) groups is 1. The lowest BCUT2D eigenvalue weighted by Gasteiger charge is -2.51. The van der Waals surface area contributed by atoms with Crippen molar-refractivity contribution in [2.45, 2.75) is 91.9 Å². The minimum Gasteiger partial charge on any atom is -0.290 e. The molecule has 1 saturated carbocycles. The second-order valence-corrected chi connectivity index (χ2v) is 20.7. The van der Waals surface area contributed by atoms with Crippen LogP contribution in [-0.2, 0) is 0 Å². The van der Waals surface area contributed by atoms with Gasteiger partial charge >= 0.3 is 0 Å². The number of hydrogen-bond acceptors (Lipinski definition) is 3. The molecule has 0 aromatic heterocycles. The first kappa shape index (κ1) is 28.8. The lowest BCUT2D eigenvalue weighted by atomic mass is 9.74. The summed E-state index contributed by atoms with van der Waals surface area (Å²) >= 11 is 0. The van der Waals surface area contributed by atoms with E-state index in [1.54, 1.807) is 0 Å². The average molecular weight is 566 g/mol. The minimum absolute atomic E-state index is 0.111. The van der Waals surface area contributed by atoms with Crippen molar-refractivity contribution in [2.24, 2.45) is 39.5 Å². The van der Waals surface area contributed by atoms with Gasteiger partial charge in [-0.3, -0.25) is 14.9 Å². The molecule has 2 heterocycles. The Morgan fingerprint density at radius 3 is 1.85 bits per heavy atom. The van der Waals surface area contributed by atoms with E-state index < -0.39 is 8.24 Å². The quantitative estimate of drug-likeness (QED) is 0.372. The topological polar surface area (TPSA) is 27.6 Å². The predicted octanol–water partition coefficient (Wildman–Crippen LogP) is 8.63. The first-order valence-electron chi connectivity index (χ1n) is 15.8. The fourth-order valence-electron chi connectivity index (χ4n) is 8.93. The van der Waals surface area contributed by atoms with Crippen LogP contribution in [0.15, 0.2) is 89.0 Å². The van der Waals surface area contributed by atoms with Gasteiger partial charge in [0.1, 0.15) is 14.4 Å². The van der Waals surface area contributed by atoms with Crippen LogP contribution in [0.5, 0.6) is 0 Å². The van der Waals surface area contributed by atoms with Crippen LogP contribution >= 0.6 is 0 Å². The predicted molar refractivity (Wildman–Crippen MR) is 178 cm³/mol. The molecule has 6 atom stereocenters. The molecule has 0 bridgehead atoms. The molecule has 0 spiro atoms. The third-order valence-corrected chi connectivity index (χ3v) is 15.1. The molecule has 2 aliphatic heterocycles. The number of hydrogen-bond donors (Lipinski definition) is 1. The van der Waals surface area contributed by atoms with Crippen LogP contribution in [-0.4, -0.2) is 36.9 Å². The molecule has 0 amide bonds. The van der Waals surface area contributed by atoms with E-state index in [1.165, 1.54) is 22.3 Å². The van der Waals surface area contributed by atoms with Crippen molar-refractivity contribution in [2.75, 3.05) is 0 Å². The Labute approximate surface area is 250 Å². The van der Waals surface area contributed by atoms with E-state index in [0.717, 1.165) is 0 Å². The number of allylic oxidation sites excluding steroid dienone is 9. The van der Waals surface area contributed by atoms with E-state index in [0.29, 0.717) is 29.2 Å². The van der Waals surface area contributed by atoms with Crippen LogP contribution in [0.4, 0.5) is 0 Å². The molecule has 1 aromatic rings. The highest BCUT2D eigenvalue weighted by molar-refractivity contribution is 6.76. The zero-order valence-corrected chi connectivity index (χ0v) is 27.9. The maximum Gasteiger partial charge on any atom is 0.131 e. The zero-order valence-electron chi connectivity index (χ0n) is 26.9. The molecular formula is C37H51N3Si. The number of nitrogens with zero attached hydrogens (tertiary/aromatic N) is 2. The monoisotopic (exact) mass is 565 g/mol. The molecule has 1 saturated heterocycles. The van der Waals surface area contributed by atoms with E-state index >= 15 is 0 Å². The smallest absolute Gasteiger partial charge is 0.131 e. The molecule has 0 radical (unpaired) electrons. The molecule has 41 heavy (non-hydrogen) atoms. The Morgan fingerprint density at radius 1 is 0.805 bits per heavy atom. The second kappa shape index (κ2) is 9.62. The fourth-order valence-corrected chi connectivity index (χ4v) is 14.2. The normalized spacial score (nSPS) is 34.5. The number of rotatable bonds is 3. The number of nitrogens with one attached hydrogen (secondary N) is 1. The molecule has 1 N–H and O–H groups in total. The summed E-state index contributed by atoms with van der Waals surface area (Å²) in [7, 11) is -2.13. The highest BCUT2D eigenvalue weighted by atomic mass is 28.3. The summed E-state index contributed by atoms with van der Waals surface area (Å²) in [5, 5.41) is 4.09. The number of benzene rings is 1. The van der Waals surface area contributed by atoms with Crippen molar-refractivity contribution >= 4 is 20.0 Å². The molecule has 218 valence electrons. The van der Waals surface area contributed by atoms with Crippen LogP contribution in [0.3, 0.4) is 0 Å². The van der Waals surface area contributed by atoms with Gasteiger partial charge in [-0.15, -0.1) is 0 Å². The molecule has 3 nitrogen and oxygen atoms in total. The Bertz CT molecular complexity index is 1320. The summed E-state index contributed by atoms with van der Waals surface area (Å²) in [6.45, 7) is 24.3. The van der Waals surface area contributed by atoms with Crippen LogP contribution in [0, 0.1) is 34.5 Å². The molecule has 4 heteroatoms. The molecule has 3 aliphatic carbocycles. The van der Waals surface area contributed by atoms with E-state index in [2.05, 4.69) is 157 Å². The highest BCUT2D eigenvalue weighted by Gasteiger charge is 2.62. The van der Waals surface area contributed by atoms with Crippen LogP contribution < -0.4 is 5.32 Å². The zero-order chi connectivity index (χ0) is 29.5. The van der Waals surface area contributed by atoms with Crippen LogP contribution in [0.25, 0.3) is 5.57 Å². The second-order valence-electron chi connectivity index (χ2n) is 16.2. The first-order valence-corrected chi connectivity index (χ1v) is 18.8. The molecule has 1 aromatic carbocycles. The largest absolute Gasteiger partial charge is 0.290 e. The standard InChI is InChI=1S/C37H51N3Si/c1-35(2,3)25-16-18-28-29-19-17-26(36(4,5)6)23-31(29)33(30(28)22-25)41(9,10)40-34-32(39-37(40,7)8)27(20-21-38-34)24-14-12-11-13-15-24/h11-23,28-34,39H,1-10H3/t28?,29?,30?,31?,32?,33?,34-/m0/s1. The minimum atomic E-state index is -2.13. The highest BCUT2D eigenvalue weighted by Crippen LogP contribution is 2.62. The van der Waals surface area contributed by atoms with E-state index in [1.807, 2.05) is 0 Å². The van der Waals surface area contributed by atoms with Gasteiger partial charge in [0.05, 0.1) is 11.7 Å². The van der Waals surface area contributed by atoms with Crippen molar-refractivity contribution in [3.8, 4) is 0 Å². The van der Waals surface area contributed by atoms with Crippen molar-refractivity contribution in [1.29, 1.82) is 0 Å². The summed E-state index contributed by atoms with van der Waals surface area (Å²) in [5.74, 6) is 2.19. The van der Waals surface area contributed by atoms with Gasteiger partial charge in [-0.05, 0) is 82.2 Å². The lowest BCUT2D eigenvalue weighted by Crippen LogP contribution is -2.64. The average Bonchev–Trinajstić information content (AvgIpc) is 3.38. The molecule has 5 unspecified atom stereocenters. The maximum atomic E-state index is 5.24. The molecular weight excluding hydrogens is 515 g/mol. The summed E-state index contributed by atoms with van der Waals surface area (Å²) in [6, 6.07) is 11.1. The third-order valence-electron chi connectivity index (χ3n) is 10.7. The number of dihydropyridines is 1. The SMILES string of the molecule is CC(C)(C)C1=CC2C(C=C1)C1C=CC(C(C)(C)C)=CC1C2[Si](C)(C)N1[C@@H]2N=CC=C(c3ccccc3)C2NC1(C)C. The van der Waals surface area contributed by atoms with Crippen molar-refractivity contribution in [3.63, 3.8) is 0 Å². The van der Waals surface area contributed by atoms with E-state index in [-0.39, 0.29) is 28.7 Å². The van der Waals surface area contributed by atoms with Gasteiger partial charge in [0, 0.05) is 6.21 Å². The Kier molecular flexibility index (Phi) is 6.76. The van der Waals surface area contributed by atoms with E-state index in [4.69, 9.17) is 4.99 Å². The van der Waals surface area contributed by atoms with Gasteiger partial charge in [-0.25, -0.2) is 0 Å². The van der Waals surface area contributed by atoms with Crippen molar-refractivity contribution in [1.82, 2.24) is 9.88 Å². The lowest BCUT2D eigenvalue weighted by molar-refractivity contribution is 0.213. The third kappa shape index (κ3) is 4.75. The first-order chi connectivity index (χ1) is 19.1. The summed E-state index contributed by atoms with van der Waals surface area (Å²) in [4.78, 5) is 5.24. The van der Waals surface area contributed by atoms with Gasteiger partial charge in [0.2, 0.25) is 0 Å². The Morgan fingerprint density at radius 2 is 1.34 bits per heavy atom. The van der Waals surface area contributed by atoms with Gasteiger partial charge in [-0.2, -0.15) is 0 Å². The Balaban J connectivity index is 1.45. The summed E-state index contributed by atoms with van der Waals surface area (Å²) in [5.41, 5.74) is 6.38. The van der Waals surface area contributed by atoms with E-state index in [9.17, 15) is 0 Å². The van der Waals surface area contributed by atoms with Gasteiger partial charge in [0.25, 0.3) is 0 Å². The molecule has 2 fully saturated rings. The van der Waals surface area contributed by atoms with Crippen molar-refractivity contribution in [3.05, 3.63) is 89.6 Å². The van der Waals surface area contributed by atoms with Gasteiger partial charge < -0.3 is 0 Å². The molecule has 5 aliphatic rings. The maximum absolute atomic E-state index is 5.24. The number of fused-ring (bicyclic) bond motifs is 4. The summed E-state index contributed by atoms with van der Waals surface area (Å²) < 4.78 is 2.88. The summed E-state index contributed by atoms with van der Waals surface area (Å²) in [6.07, 6.45) is 19.9. The fraction of sp³-hybridized carbons (Fsp3) is 0.541. The Hall–Kier alpha value is -2.27. The van der Waals surface area contributed by atoms with Gasteiger partial charge in [-0.1, -0.05) is 121 Å². The van der Waals surface area contributed by atoms with Crippen LogP contribution in [0.2, 0.25) is 18.6 Å². The van der Waals surface area contributed by atoms with Gasteiger partial charge in [0.15, 0.2) is 0 Å². The van der Waals surface area contributed by atoms with Crippen molar-refractivity contribution < 1.29 is 0 Å². The molecule has 6 rings (SSSR count).